The van der Waals surface area contributed by atoms with E-state index in [1.54, 1.807) is 17.3 Å². The molecule has 0 aliphatic heterocycles. The molecule has 1 N–H and O–H groups in total. The Morgan fingerprint density at radius 2 is 1.96 bits per heavy atom. The molecule has 0 atom stereocenters. The molecule has 0 radical (unpaired) electrons. The Morgan fingerprint density at radius 3 is 2.61 bits per heavy atom. The molecule has 1 heterocycles. The van der Waals surface area contributed by atoms with Gasteiger partial charge in [0.05, 0.1) is 0 Å². The van der Waals surface area contributed by atoms with Gasteiger partial charge in [0.25, 0.3) is 5.91 Å². The van der Waals surface area contributed by atoms with E-state index in [-0.39, 0.29) is 17.4 Å². The normalized spacial score (nSPS) is 10.2. The van der Waals surface area contributed by atoms with Crippen LogP contribution >= 0.6 is 0 Å². The lowest BCUT2D eigenvalue weighted by atomic mass is 10.2. The number of hydrogen-bond donors (Lipinski definition) is 1. The van der Waals surface area contributed by atoms with Crippen LogP contribution in [0.15, 0.2) is 48.8 Å². The highest BCUT2D eigenvalue weighted by Crippen LogP contribution is 2.04. The summed E-state index contributed by atoms with van der Waals surface area (Å²) < 4.78 is 13.1. The first-order chi connectivity index (χ1) is 11.1. The van der Waals surface area contributed by atoms with Gasteiger partial charge < -0.3 is 10.2 Å². The zero-order chi connectivity index (χ0) is 16.7. The first-order valence-corrected chi connectivity index (χ1v) is 7.24. The Kier molecular flexibility index (Phi) is 5.80. The average Bonchev–Trinajstić information content (AvgIpc) is 2.54. The molecule has 2 amide bonds. The molecule has 2 rings (SSSR count). The SMILES string of the molecule is CC(=O)N(CCNC(=O)c1cccc(F)c1)Cc1ccncc1. The minimum absolute atomic E-state index is 0.0817. The van der Waals surface area contributed by atoms with Crippen molar-refractivity contribution in [3.8, 4) is 0 Å². The lowest BCUT2D eigenvalue weighted by Gasteiger charge is -2.21. The minimum Gasteiger partial charge on any atom is -0.350 e. The fraction of sp³-hybridized carbons (Fsp3) is 0.235. The molecule has 120 valence electrons. The number of halogens is 1. The van der Waals surface area contributed by atoms with Gasteiger partial charge in [-0.3, -0.25) is 14.6 Å². The van der Waals surface area contributed by atoms with Crippen LogP contribution < -0.4 is 5.32 Å². The number of nitrogens with one attached hydrogen (secondary N) is 1. The van der Waals surface area contributed by atoms with Gasteiger partial charge in [0.2, 0.25) is 5.91 Å². The number of pyridine rings is 1. The van der Waals surface area contributed by atoms with Gasteiger partial charge in [0, 0.05) is 44.5 Å². The van der Waals surface area contributed by atoms with Gasteiger partial charge in [-0.05, 0) is 35.9 Å². The van der Waals surface area contributed by atoms with Gasteiger partial charge in [-0.15, -0.1) is 0 Å². The van der Waals surface area contributed by atoms with Crippen LogP contribution in [0.1, 0.15) is 22.8 Å². The second kappa shape index (κ2) is 8.03. The summed E-state index contributed by atoms with van der Waals surface area (Å²) in [4.78, 5) is 29.2. The summed E-state index contributed by atoms with van der Waals surface area (Å²) in [6.07, 6.45) is 3.33. The van der Waals surface area contributed by atoms with E-state index in [0.29, 0.717) is 19.6 Å². The van der Waals surface area contributed by atoms with Gasteiger partial charge in [0.15, 0.2) is 0 Å². The lowest BCUT2D eigenvalue weighted by molar-refractivity contribution is -0.129. The van der Waals surface area contributed by atoms with E-state index in [4.69, 9.17) is 0 Å². The van der Waals surface area contributed by atoms with E-state index in [9.17, 15) is 14.0 Å². The van der Waals surface area contributed by atoms with Crippen molar-refractivity contribution < 1.29 is 14.0 Å². The second-order valence-electron chi connectivity index (χ2n) is 5.06. The van der Waals surface area contributed by atoms with Crippen LogP contribution in [0, 0.1) is 5.82 Å². The molecule has 2 aromatic rings. The van der Waals surface area contributed by atoms with E-state index in [1.165, 1.54) is 31.2 Å². The van der Waals surface area contributed by atoms with Crippen molar-refractivity contribution in [1.29, 1.82) is 0 Å². The molecule has 0 saturated carbocycles. The van der Waals surface area contributed by atoms with Crippen LogP contribution in [-0.4, -0.2) is 34.8 Å². The number of carbonyl (C=O) groups excluding carboxylic acids is 2. The highest BCUT2D eigenvalue weighted by Gasteiger charge is 2.11. The summed E-state index contributed by atoms with van der Waals surface area (Å²) in [5.74, 6) is -0.903. The monoisotopic (exact) mass is 315 g/mol. The van der Waals surface area contributed by atoms with E-state index in [1.807, 2.05) is 12.1 Å². The first kappa shape index (κ1) is 16.6. The predicted molar refractivity (Wildman–Crippen MR) is 84.1 cm³/mol. The third-order valence-corrected chi connectivity index (χ3v) is 3.32. The molecule has 6 heteroatoms. The highest BCUT2D eigenvalue weighted by atomic mass is 19.1. The van der Waals surface area contributed by atoms with E-state index in [0.717, 1.165) is 5.56 Å². The Morgan fingerprint density at radius 1 is 1.22 bits per heavy atom. The standard InChI is InChI=1S/C17H18FN3O2/c1-13(22)21(12-14-5-7-19-8-6-14)10-9-20-17(23)15-3-2-4-16(18)11-15/h2-8,11H,9-10,12H2,1H3,(H,20,23). The molecule has 0 bridgehead atoms. The zero-order valence-corrected chi connectivity index (χ0v) is 12.8. The van der Waals surface area contributed by atoms with Crippen LogP contribution in [0.4, 0.5) is 4.39 Å². The van der Waals surface area contributed by atoms with Gasteiger partial charge in [-0.25, -0.2) is 4.39 Å². The number of rotatable bonds is 6. The zero-order valence-electron chi connectivity index (χ0n) is 12.8. The Balaban J connectivity index is 1.87. The van der Waals surface area contributed by atoms with Gasteiger partial charge in [0.1, 0.15) is 5.82 Å². The average molecular weight is 315 g/mol. The maximum atomic E-state index is 13.1. The number of hydrogen-bond acceptors (Lipinski definition) is 3. The number of benzene rings is 1. The van der Waals surface area contributed by atoms with Crippen molar-refractivity contribution in [2.24, 2.45) is 0 Å². The van der Waals surface area contributed by atoms with Crippen molar-refractivity contribution in [2.45, 2.75) is 13.5 Å². The number of carbonyl (C=O) groups is 2. The smallest absolute Gasteiger partial charge is 0.251 e. The predicted octanol–water partition coefficient (Wildman–Crippen LogP) is 2.00. The van der Waals surface area contributed by atoms with E-state index in [2.05, 4.69) is 10.3 Å². The minimum atomic E-state index is -0.458. The molecule has 1 aromatic heterocycles. The highest BCUT2D eigenvalue weighted by molar-refractivity contribution is 5.94. The largest absolute Gasteiger partial charge is 0.350 e. The van der Waals surface area contributed by atoms with Gasteiger partial charge >= 0.3 is 0 Å². The van der Waals surface area contributed by atoms with Crippen molar-refractivity contribution >= 4 is 11.8 Å². The molecule has 0 saturated heterocycles. The Labute approximate surface area is 134 Å². The van der Waals surface area contributed by atoms with Gasteiger partial charge in [-0.1, -0.05) is 6.07 Å². The van der Waals surface area contributed by atoms with Crippen LogP contribution in [0.2, 0.25) is 0 Å². The maximum Gasteiger partial charge on any atom is 0.251 e. The molecule has 5 nitrogen and oxygen atoms in total. The van der Waals surface area contributed by atoms with Gasteiger partial charge in [-0.2, -0.15) is 0 Å². The summed E-state index contributed by atoms with van der Waals surface area (Å²) in [5, 5.41) is 2.69. The molecular weight excluding hydrogens is 297 g/mol. The maximum absolute atomic E-state index is 13.1. The topological polar surface area (TPSA) is 62.3 Å². The quantitative estimate of drug-likeness (QED) is 0.887. The summed E-state index contributed by atoms with van der Waals surface area (Å²) in [7, 11) is 0. The molecule has 0 aliphatic rings. The fourth-order valence-corrected chi connectivity index (χ4v) is 2.09. The molecular formula is C17H18FN3O2. The summed E-state index contributed by atoms with van der Waals surface area (Å²) in [6, 6.07) is 9.15. The molecule has 0 unspecified atom stereocenters. The van der Waals surface area contributed by atoms with E-state index < -0.39 is 5.82 Å². The Hall–Kier alpha value is -2.76. The summed E-state index contributed by atoms with van der Waals surface area (Å²) in [6.45, 7) is 2.60. The van der Waals surface area contributed by atoms with Crippen LogP contribution in [0.25, 0.3) is 0 Å². The third kappa shape index (κ3) is 5.18. The molecule has 0 spiro atoms. The van der Waals surface area contributed by atoms with Crippen molar-refractivity contribution in [2.75, 3.05) is 13.1 Å². The van der Waals surface area contributed by atoms with E-state index >= 15 is 0 Å². The number of nitrogens with zero attached hydrogens (tertiary/aromatic N) is 2. The van der Waals surface area contributed by atoms with Crippen LogP contribution in [0.5, 0.6) is 0 Å². The van der Waals surface area contributed by atoms with Crippen molar-refractivity contribution in [3.05, 3.63) is 65.7 Å². The van der Waals surface area contributed by atoms with Crippen molar-refractivity contribution in [3.63, 3.8) is 0 Å². The molecule has 1 aromatic carbocycles. The Bertz CT molecular complexity index is 677. The summed E-state index contributed by atoms with van der Waals surface area (Å²) in [5.41, 5.74) is 1.22. The van der Waals surface area contributed by atoms with Crippen LogP contribution in [0.3, 0.4) is 0 Å². The third-order valence-electron chi connectivity index (χ3n) is 3.32. The summed E-state index contributed by atoms with van der Waals surface area (Å²) >= 11 is 0. The first-order valence-electron chi connectivity index (χ1n) is 7.24. The fourth-order valence-electron chi connectivity index (χ4n) is 2.09. The molecule has 23 heavy (non-hydrogen) atoms. The number of amides is 2. The molecule has 0 fully saturated rings. The molecule has 0 aliphatic carbocycles. The lowest BCUT2D eigenvalue weighted by Crippen LogP contribution is -2.37. The second-order valence-corrected chi connectivity index (χ2v) is 5.06. The van der Waals surface area contributed by atoms with Crippen LogP contribution in [-0.2, 0) is 11.3 Å². The number of aromatic nitrogens is 1. The van der Waals surface area contributed by atoms with Crippen molar-refractivity contribution in [1.82, 2.24) is 15.2 Å².